The van der Waals surface area contributed by atoms with Crippen LogP contribution >= 0.6 is 0 Å². The fraction of sp³-hybridized carbons (Fsp3) is 0.500. The van der Waals surface area contributed by atoms with Gasteiger partial charge in [0, 0.05) is 6.54 Å². The third kappa shape index (κ3) is 5.17. The van der Waals surface area contributed by atoms with Crippen molar-refractivity contribution in [2.45, 2.75) is 19.4 Å². The van der Waals surface area contributed by atoms with E-state index in [2.05, 4.69) is 11.8 Å². The molecular formula is C14H20N2O2. The molecule has 98 valence electrons. The van der Waals surface area contributed by atoms with Crippen LogP contribution in [0, 0.1) is 11.3 Å². The van der Waals surface area contributed by atoms with Crippen LogP contribution in [0.25, 0.3) is 0 Å². The number of likely N-dealkylation sites (N-methyl/N-ethyl adjacent to an activating group) is 1. The van der Waals surface area contributed by atoms with Crippen LogP contribution in [0.5, 0.6) is 5.75 Å². The SMILES string of the molecule is CCCN(C)CC(O)COc1ccc(C#N)cc1. The lowest BCUT2D eigenvalue weighted by Crippen LogP contribution is -2.33. The molecule has 0 aromatic heterocycles. The molecule has 0 saturated heterocycles. The third-order valence-corrected chi connectivity index (χ3v) is 2.55. The van der Waals surface area contributed by atoms with Gasteiger partial charge in [-0.2, -0.15) is 5.26 Å². The summed E-state index contributed by atoms with van der Waals surface area (Å²) in [6.45, 7) is 3.94. The Labute approximate surface area is 108 Å². The van der Waals surface area contributed by atoms with Gasteiger partial charge in [0.25, 0.3) is 0 Å². The first kappa shape index (κ1) is 14.5. The normalized spacial score (nSPS) is 12.2. The molecule has 0 aliphatic heterocycles. The van der Waals surface area contributed by atoms with Gasteiger partial charge in [-0.25, -0.2) is 0 Å². The van der Waals surface area contributed by atoms with E-state index in [4.69, 9.17) is 10.00 Å². The van der Waals surface area contributed by atoms with Crippen LogP contribution in [0.2, 0.25) is 0 Å². The number of hydrogen-bond donors (Lipinski definition) is 1. The molecule has 0 aliphatic rings. The molecule has 1 aromatic rings. The molecule has 1 N–H and O–H groups in total. The third-order valence-electron chi connectivity index (χ3n) is 2.55. The fourth-order valence-corrected chi connectivity index (χ4v) is 1.70. The molecular weight excluding hydrogens is 228 g/mol. The second-order valence-electron chi connectivity index (χ2n) is 4.36. The van der Waals surface area contributed by atoms with Gasteiger partial charge in [-0.1, -0.05) is 6.92 Å². The standard InChI is InChI=1S/C14H20N2O2/c1-3-8-16(2)10-13(17)11-18-14-6-4-12(9-15)5-7-14/h4-7,13,17H,3,8,10-11H2,1-2H3. The summed E-state index contributed by atoms with van der Waals surface area (Å²) >= 11 is 0. The van der Waals surface area contributed by atoms with Gasteiger partial charge in [0.05, 0.1) is 11.6 Å². The Morgan fingerprint density at radius 2 is 2.06 bits per heavy atom. The molecule has 0 fully saturated rings. The largest absolute Gasteiger partial charge is 0.491 e. The Morgan fingerprint density at radius 1 is 1.39 bits per heavy atom. The topological polar surface area (TPSA) is 56.5 Å². The maximum Gasteiger partial charge on any atom is 0.119 e. The van der Waals surface area contributed by atoms with Crippen LogP contribution < -0.4 is 4.74 Å². The van der Waals surface area contributed by atoms with Crippen molar-refractivity contribution in [3.05, 3.63) is 29.8 Å². The van der Waals surface area contributed by atoms with Crippen LogP contribution in [0.1, 0.15) is 18.9 Å². The Hall–Kier alpha value is -1.57. The molecule has 1 rings (SSSR count). The van der Waals surface area contributed by atoms with Crippen molar-refractivity contribution in [1.82, 2.24) is 4.90 Å². The average Bonchev–Trinajstić information content (AvgIpc) is 2.37. The Bertz CT molecular complexity index is 384. The highest BCUT2D eigenvalue weighted by atomic mass is 16.5. The van der Waals surface area contributed by atoms with Gasteiger partial charge in [-0.05, 0) is 44.3 Å². The van der Waals surface area contributed by atoms with Crippen LogP contribution in [0.3, 0.4) is 0 Å². The van der Waals surface area contributed by atoms with Gasteiger partial charge in [-0.3, -0.25) is 0 Å². The Kier molecular flexibility index (Phi) is 6.20. The number of aliphatic hydroxyl groups is 1. The minimum atomic E-state index is -0.503. The number of aliphatic hydroxyl groups excluding tert-OH is 1. The van der Waals surface area contributed by atoms with Crippen LogP contribution in [-0.2, 0) is 0 Å². The molecule has 18 heavy (non-hydrogen) atoms. The van der Waals surface area contributed by atoms with E-state index in [1.54, 1.807) is 24.3 Å². The predicted molar refractivity (Wildman–Crippen MR) is 70.4 cm³/mol. The molecule has 1 unspecified atom stereocenters. The van der Waals surface area contributed by atoms with Crippen molar-refractivity contribution in [3.63, 3.8) is 0 Å². The van der Waals surface area contributed by atoms with Gasteiger partial charge < -0.3 is 14.7 Å². The second kappa shape index (κ2) is 7.70. The number of nitriles is 1. The summed E-state index contributed by atoms with van der Waals surface area (Å²) in [4.78, 5) is 2.08. The number of rotatable bonds is 7. The summed E-state index contributed by atoms with van der Waals surface area (Å²) < 4.78 is 5.46. The summed E-state index contributed by atoms with van der Waals surface area (Å²) in [7, 11) is 1.98. The maximum atomic E-state index is 9.79. The van der Waals surface area contributed by atoms with Crippen LogP contribution in [0.15, 0.2) is 24.3 Å². The maximum absolute atomic E-state index is 9.79. The number of nitrogens with zero attached hydrogens (tertiary/aromatic N) is 2. The van der Waals surface area contributed by atoms with Gasteiger partial charge >= 0.3 is 0 Å². The van der Waals surface area contributed by atoms with Crippen LogP contribution in [-0.4, -0.2) is 42.9 Å². The van der Waals surface area contributed by atoms with Crippen molar-refractivity contribution in [2.75, 3.05) is 26.7 Å². The molecule has 0 aliphatic carbocycles. The monoisotopic (exact) mass is 248 g/mol. The number of ether oxygens (including phenoxy) is 1. The van der Waals surface area contributed by atoms with Gasteiger partial charge in [-0.15, -0.1) is 0 Å². The minimum Gasteiger partial charge on any atom is -0.491 e. The van der Waals surface area contributed by atoms with E-state index in [0.717, 1.165) is 13.0 Å². The Morgan fingerprint density at radius 3 is 2.61 bits per heavy atom. The van der Waals surface area contributed by atoms with E-state index >= 15 is 0 Å². The first-order chi connectivity index (χ1) is 8.65. The molecule has 1 atom stereocenters. The van der Waals surface area contributed by atoms with Gasteiger partial charge in [0.1, 0.15) is 18.5 Å². The van der Waals surface area contributed by atoms with E-state index in [1.165, 1.54) is 0 Å². The van der Waals surface area contributed by atoms with E-state index in [1.807, 2.05) is 13.1 Å². The van der Waals surface area contributed by atoms with E-state index < -0.39 is 6.10 Å². The summed E-state index contributed by atoms with van der Waals surface area (Å²) in [5.74, 6) is 0.672. The predicted octanol–water partition coefficient (Wildman–Crippen LogP) is 1.64. The zero-order valence-corrected chi connectivity index (χ0v) is 11.0. The van der Waals surface area contributed by atoms with Crippen LogP contribution in [0.4, 0.5) is 0 Å². The Balaban J connectivity index is 2.33. The number of benzene rings is 1. The average molecular weight is 248 g/mol. The summed E-state index contributed by atoms with van der Waals surface area (Å²) in [5.41, 5.74) is 0.602. The lowest BCUT2D eigenvalue weighted by molar-refractivity contribution is 0.0764. The zero-order chi connectivity index (χ0) is 13.4. The minimum absolute atomic E-state index is 0.264. The fourth-order valence-electron chi connectivity index (χ4n) is 1.70. The van der Waals surface area contributed by atoms with Crippen molar-refractivity contribution >= 4 is 0 Å². The molecule has 0 saturated carbocycles. The smallest absolute Gasteiger partial charge is 0.119 e. The highest BCUT2D eigenvalue weighted by Gasteiger charge is 2.08. The quantitative estimate of drug-likeness (QED) is 0.797. The summed E-state index contributed by atoms with van der Waals surface area (Å²) in [5, 5.41) is 18.4. The van der Waals surface area contributed by atoms with Crippen molar-refractivity contribution in [3.8, 4) is 11.8 Å². The number of hydrogen-bond acceptors (Lipinski definition) is 4. The summed E-state index contributed by atoms with van der Waals surface area (Å²) in [6, 6.07) is 8.92. The molecule has 0 radical (unpaired) electrons. The molecule has 0 heterocycles. The molecule has 4 heteroatoms. The first-order valence-electron chi connectivity index (χ1n) is 6.15. The lowest BCUT2D eigenvalue weighted by atomic mass is 10.2. The highest BCUT2D eigenvalue weighted by Crippen LogP contribution is 2.11. The molecule has 1 aromatic carbocycles. The van der Waals surface area contributed by atoms with E-state index in [0.29, 0.717) is 17.9 Å². The first-order valence-corrected chi connectivity index (χ1v) is 6.15. The van der Waals surface area contributed by atoms with E-state index in [9.17, 15) is 5.11 Å². The molecule has 0 amide bonds. The van der Waals surface area contributed by atoms with Crippen molar-refractivity contribution < 1.29 is 9.84 Å². The highest BCUT2D eigenvalue weighted by molar-refractivity contribution is 5.34. The molecule has 0 spiro atoms. The van der Waals surface area contributed by atoms with Crippen molar-refractivity contribution in [1.29, 1.82) is 5.26 Å². The van der Waals surface area contributed by atoms with Gasteiger partial charge in [0.2, 0.25) is 0 Å². The lowest BCUT2D eigenvalue weighted by Gasteiger charge is -2.20. The second-order valence-corrected chi connectivity index (χ2v) is 4.36. The van der Waals surface area contributed by atoms with Gasteiger partial charge in [0.15, 0.2) is 0 Å². The summed E-state index contributed by atoms with van der Waals surface area (Å²) in [6.07, 6.45) is 0.567. The van der Waals surface area contributed by atoms with Crippen molar-refractivity contribution in [2.24, 2.45) is 0 Å². The molecule has 4 nitrogen and oxygen atoms in total. The molecule has 0 bridgehead atoms. The van der Waals surface area contributed by atoms with E-state index in [-0.39, 0.29) is 6.61 Å². The zero-order valence-electron chi connectivity index (χ0n) is 11.0.